The lowest BCUT2D eigenvalue weighted by atomic mass is 9.98. The molecule has 1 aromatic heterocycles. The number of ether oxygens (including phenoxy) is 1. The number of unbranched alkanes of at least 4 members (excludes halogenated alkanes) is 1. The molecule has 1 heterocycles. The Labute approximate surface area is 224 Å². The highest BCUT2D eigenvalue weighted by atomic mass is 16.6. The number of aryl methyl sites for hydroxylation is 1. The van der Waals surface area contributed by atoms with E-state index >= 15 is 0 Å². The van der Waals surface area contributed by atoms with E-state index in [9.17, 15) is 9.59 Å². The van der Waals surface area contributed by atoms with Crippen molar-refractivity contribution in [1.82, 2.24) is 9.55 Å². The molecule has 1 amide bonds. The fourth-order valence-electron chi connectivity index (χ4n) is 4.48. The number of imidazole rings is 1. The summed E-state index contributed by atoms with van der Waals surface area (Å²) >= 11 is 0. The van der Waals surface area contributed by atoms with Crippen molar-refractivity contribution < 1.29 is 14.3 Å². The number of hydrogen-bond donors (Lipinski definition) is 2. The second-order valence-electron chi connectivity index (χ2n) is 10.5. The predicted octanol–water partition coefficient (Wildman–Crippen LogP) is 6.59. The molecule has 0 bridgehead atoms. The molecule has 198 valence electrons. The normalized spacial score (nSPS) is 11.5. The first-order chi connectivity index (χ1) is 18.1. The van der Waals surface area contributed by atoms with Crippen LogP contribution in [0.3, 0.4) is 0 Å². The van der Waals surface area contributed by atoms with Crippen molar-refractivity contribution in [2.45, 2.75) is 66.0 Å². The number of carbonyl (C=O) groups is 2. The quantitative estimate of drug-likeness (QED) is 0.205. The van der Waals surface area contributed by atoms with Crippen LogP contribution in [0.5, 0.6) is 0 Å². The molecule has 0 aliphatic carbocycles. The zero-order chi connectivity index (χ0) is 27.4. The van der Waals surface area contributed by atoms with E-state index in [-0.39, 0.29) is 11.9 Å². The second-order valence-corrected chi connectivity index (χ2v) is 10.5. The molecule has 0 fully saturated rings. The molecule has 38 heavy (non-hydrogen) atoms. The van der Waals surface area contributed by atoms with Gasteiger partial charge >= 0.3 is 5.97 Å². The maximum atomic E-state index is 12.8. The number of carbonyl (C=O) groups excluding carboxylic acids is 2. The molecule has 0 saturated heterocycles. The first-order valence-electron chi connectivity index (χ1n) is 13.0. The van der Waals surface area contributed by atoms with E-state index in [1.54, 1.807) is 6.07 Å². The van der Waals surface area contributed by atoms with Gasteiger partial charge in [0, 0.05) is 19.9 Å². The predicted molar refractivity (Wildman–Crippen MR) is 153 cm³/mol. The lowest BCUT2D eigenvalue weighted by molar-refractivity contribution is -0.114. The highest BCUT2D eigenvalue weighted by molar-refractivity contribution is 6.04. The van der Waals surface area contributed by atoms with Gasteiger partial charge in [0.25, 0.3) is 0 Å². The SMILES string of the molecule is CCCCc1nc2c(NC(C)=O)c(N)ccc2n1Cc1ccc(-c2ccccc2C(=O)OC(C)(C)C)cc1. The number of hydrogen-bond acceptors (Lipinski definition) is 5. The average Bonchev–Trinajstić information content (AvgIpc) is 3.21. The van der Waals surface area contributed by atoms with Gasteiger partial charge in [-0.15, -0.1) is 0 Å². The van der Waals surface area contributed by atoms with E-state index in [2.05, 4.69) is 28.9 Å². The molecule has 0 spiro atoms. The summed E-state index contributed by atoms with van der Waals surface area (Å²) in [5.74, 6) is 0.436. The summed E-state index contributed by atoms with van der Waals surface area (Å²) in [6.45, 7) is 9.84. The van der Waals surface area contributed by atoms with E-state index in [0.717, 1.165) is 47.3 Å². The van der Waals surface area contributed by atoms with E-state index in [0.29, 0.717) is 29.0 Å². The van der Waals surface area contributed by atoms with Crippen LogP contribution >= 0.6 is 0 Å². The molecule has 4 rings (SSSR count). The van der Waals surface area contributed by atoms with Crippen molar-refractivity contribution in [2.24, 2.45) is 0 Å². The van der Waals surface area contributed by atoms with Crippen LogP contribution in [0.25, 0.3) is 22.2 Å². The average molecular weight is 513 g/mol. The summed E-state index contributed by atoms with van der Waals surface area (Å²) in [6, 6.07) is 19.5. The number of aromatic nitrogens is 2. The Kier molecular flexibility index (Phi) is 7.86. The number of esters is 1. The molecule has 3 aromatic carbocycles. The lowest BCUT2D eigenvalue weighted by Crippen LogP contribution is -2.24. The topological polar surface area (TPSA) is 99.2 Å². The zero-order valence-electron chi connectivity index (χ0n) is 22.8. The molecular formula is C31H36N4O3. The van der Waals surface area contributed by atoms with Crippen LogP contribution in [0.1, 0.15) is 69.2 Å². The van der Waals surface area contributed by atoms with Crippen molar-refractivity contribution in [3.05, 3.63) is 77.6 Å². The van der Waals surface area contributed by atoms with Crippen molar-refractivity contribution in [1.29, 1.82) is 0 Å². The summed E-state index contributed by atoms with van der Waals surface area (Å²) in [5.41, 5.74) is 11.7. The monoisotopic (exact) mass is 512 g/mol. The fraction of sp³-hybridized carbons (Fsp3) is 0.323. The maximum absolute atomic E-state index is 12.8. The summed E-state index contributed by atoms with van der Waals surface area (Å²) in [6.07, 6.45) is 2.89. The summed E-state index contributed by atoms with van der Waals surface area (Å²) < 4.78 is 7.82. The minimum atomic E-state index is -0.568. The Hall–Kier alpha value is -4.13. The van der Waals surface area contributed by atoms with Gasteiger partial charge in [-0.05, 0) is 62.1 Å². The zero-order valence-corrected chi connectivity index (χ0v) is 22.8. The molecule has 0 saturated carbocycles. The number of nitrogens with one attached hydrogen (secondary N) is 1. The van der Waals surface area contributed by atoms with Gasteiger partial charge in [-0.25, -0.2) is 9.78 Å². The van der Waals surface area contributed by atoms with Crippen molar-refractivity contribution >= 4 is 34.3 Å². The van der Waals surface area contributed by atoms with Gasteiger partial charge in [-0.2, -0.15) is 0 Å². The molecule has 0 aliphatic rings. The maximum Gasteiger partial charge on any atom is 0.339 e. The molecule has 0 aliphatic heterocycles. The Morgan fingerprint density at radius 3 is 2.39 bits per heavy atom. The molecule has 0 atom stereocenters. The minimum Gasteiger partial charge on any atom is -0.456 e. The van der Waals surface area contributed by atoms with Gasteiger partial charge < -0.3 is 20.4 Å². The lowest BCUT2D eigenvalue weighted by Gasteiger charge is -2.20. The number of nitrogens with zero attached hydrogens (tertiary/aromatic N) is 2. The Morgan fingerprint density at radius 2 is 1.74 bits per heavy atom. The van der Waals surface area contributed by atoms with Gasteiger partial charge in [0.2, 0.25) is 5.91 Å². The van der Waals surface area contributed by atoms with Gasteiger partial charge in [-0.3, -0.25) is 4.79 Å². The van der Waals surface area contributed by atoms with Gasteiger partial charge in [-0.1, -0.05) is 55.8 Å². The number of fused-ring (bicyclic) bond motifs is 1. The second kappa shape index (κ2) is 11.1. The number of nitrogens with two attached hydrogens (primary N) is 1. The summed E-state index contributed by atoms with van der Waals surface area (Å²) in [5, 5.41) is 2.85. The van der Waals surface area contributed by atoms with Crippen LogP contribution in [-0.2, 0) is 22.5 Å². The fourth-order valence-corrected chi connectivity index (χ4v) is 4.48. The molecule has 0 radical (unpaired) electrons. The number of benzene rings is 3. The van der Waals surface area contributed by atoms with E-state index in [4.69, 9.17) is 15.5 Å². The summed E-state index contributed by atoms with van der Waals surface area (Å²) in [7, 11) is 0. The third kappa shape index (κ3) is 6.05. The van der Waals surface area contributed by atoms with E-state index in [1.165, 1.54) is 6.92 Å². The van der Waals surface area contributed by atoms with Crippen LogP contribution in [0.2, 0.25) is 0 Å². The van der Waals surface area contributed by atoms with Crippen LogP contribution in [0, 0.1) is 0 Å². The molecular weight excluding hydrogens is 476 g/mol. The van der Waals surface area contributed by atoms with E-state index < -0.39 is 5.60 Å². The molecule has 7 heteroatoms. The van der Waals surface area contributed by atoms with Crippen molar-refractivity contribution in [3.8, 4) is 11.1 Å². The summed E-state index contributed by atoms with van der Waals surface area (Å²) in [4.78, 5) is 29.6. The Balaban J connectivity index is 1.68. The third-order valence-electron chi connectivity index (χ3n) is 6.24. The largest absolute Gasteiger partial charge is 0.456 e. The first-order valence-corrected chi connectivity index (χ1v) is 13.0. The highest BCUT2D eigenvalue weighted by Crippen LogP contribution is 2.32. The molecule has 4 aromatic rings. The molecule has 7 nitrogen and oxygen atoms in total. The van der Waals surface area contributed by atoms with Crippen LogP contribution < -0.4 is 11.1 Å². The number of nitrogen functional groups attached to an aromatic ring is 1. The Bertz CT molecular complexity index is 1460. The van der Waals surface area contributed by atoms with Crippen LogP contribution in [0.15, 0.2) is 60.7 Å². The minimum absolute atomic E-state index is 0.184. The number of rotatable bonds is 8. The first kappa shape index (κ1) is 26.9. The van der Waals surface area contributed by atoms with Crippen LogP contribution in [-0.4, -0.2) is 27.0 Å². The van der Waals surface area contributed by atoms with E-state index in [1.807, 2.05) is 63.2 Å². The molecule has 0 unspecified atom stereocenters. The van der Waals surface area contributed by atoms with Crippen molar-refractivity contribution in [2.75, 3.05) is 11.1 Å². The number of amides is 1. The Morgan fingerprint density at radius 1 is 1.03 bits per heavy atom. The smallest absolute Gasteiger partial charge is 0.339 e. The van der Waals surface area contributed by atoms with Crippen molar-refractivity contribution in [3.63, 3.8) is 0 Å². The van der Waals surface area contributed by atoms with Gasteiger partial charge in [0.15, 0.2) is 0 Å². The standard InChI is InChI=1S/C31H36N4O3/c1-6-7-12-27-34-29-26(18-17-25(32)28(29)33-20(2)36)35(27)19-21-13-15-22(16-14-21)23-10-8-9-11-24(23)30(37)38-31(3,4)5/h8-11,13-18H,6-7,12,19,32H2,1-5H3,(H,33,36). The van der Waals surface area contributed by atoms with Gasteiger partial charge in [0.05, 0.1) is 22.5 Å². The molecule has 3 N–H and O–H groups in total. The number of anilines is 2. The van der Waals surface area contributed by atoms with Gasteiger partial charge in [0.1, 0.15) is 16.9 Å². The highest BCUT2D eigenvalue weighted by Gasteiger charge is 2.21. The van der Waals surface area contributed by atoms with Crippen LogP contribution in [0.4, 0.5) is 11.4 Å². The third-order valence-corrected chi connectivity index (χ3v) is 6.24.